The van der Waals surface area contributed by atoms with Crippen LogP contribution in [0.3, 0.4) is 0 Å². The molecule has 2 aromatic heterocycles. The molecule has 0 aliphatic heterocycles. The first kappa shape index (κ1) is 41.3. The fraction of sp³-hybridized carbons (Fsp3) is 0. The summed E-state index contributed by atoms with van der Waals surface area (Å²) in [6.45, 7) is 0. The van der Waals surface area contributed by atoms with E-state index in [0.29, 0.717) is 0 Å². The Bertz CT molecular complexity index is 4340. The van der Waals surface area contributed by atoms with Crippen molar-refractivity contribution in [3.8, 4) is 33.4 Å². The summed E-state index contributed by atoms with van der Waals surface area (Å²) in [6.07, 6.45) is 0. The molecule has 0 bridgehead atoms. The van der Waals surface area contributed by atoms with Crippen molar-refractivity contribution in [2.45, 2.75) is 0 Å². The Morgan fingerprint density at radius 1 is 0.250 bits per heavy atom. The summed E-state index contributed by atoms with van der Waals surface area (Å²) >= 11 is 0. The van der Waals surface area contributed by atoms with Gasteiger partial charge in [0.2, 0.25) is 0 Å². The highest BCUT2D eigenvalue weighted by Gasteiger charge is 2.28. The van der Waals surface area contributed by atoms with Gasteiger partial charge in [0, 0.05) is 43.7 Å². The minimum Gasteiger partial charge on any atom is -0.454 e. The highest BCUT2D eigenvalue weighted by atomic mass is 16.3. The van der Waals surface area contributed by atoms with Crippen molar-refractivity contribution in [1.82, 2.24) is 0 Å². The molecule has 0 spiro atoms. The lowest BCUT2D eigenvalue weighted by molar-refractivity contribution is 0.669. The zero-order valence-electron chi connectivity index (χ0n) is 39.1. The van der Waals surface area contributed by atoms with Gasteiger partial charge in [0.05, 0.1) is 28.4 Å². The zero-order chi connectivity index (χ0) is 47.5. The molecule has 0 aliphatic rings. The number of fused-ring (bicyclic) bond motifs is 9. The monoisotopic (exact) mass is 920 g/mol. The number of benzene rings is 12. The van der Waals surface area contributed by atoms with Crippen LogP contribution in [0.25, 0.3) is 98.8 Å². The maximum absolute atomic E-state index is 7.02. The van der Waals surface area contributed by atoms with Crippen LogP contribution in [0.4, 0.5) is 34.1 Å². The number of anilines is 6. The molecule has 4 nitrogen and oxygen atoms in total. The predicted molar refractivity (Wildman–Crippen MR) is 302 cm³/mol. The third-order valence-corrected chi connectivity index (χ3v) is 14.3. The van der Waals surface area contributed by atoms with Gasteiger partial charge in [-0.05, 0) is 93.0 Å². The maximum Gasteiger partial charge on any atom is 0.160 e. The van der Waals surface area contributed by atoms with Crippen LogP contribution >= 0.6 is 0 Å². The van der Waals surface area contributed by atoms with Gasteiger partial charge in [-0.3, -0.25) is 0 Å². The highest BCUT2D eigenvalue weighted by molar-refractivity contribution is 6.23. The van der Waals surface area contributed by atoms with Crippen LogP contribution in [-0.2, 0) is 0 Å². The second-order valence-electron chi connectivity index (χ2n) is 18.3. The molecule has 338 valence electrons. The van der Waals surface area contributed by atoms with Crippen LogP contribution in [0, 0.1) is 0 Å². The van der Waals surface area contributed by atoms with Crippen LogP contribution in [0.1, 0.15) is 0 Å². The molecule has 4 heteroatoms. The summed E-state index contributed by atoms with van der Waals surface area (Å²) in [5.74, 6) is 0. The molecule has 0 atom stereocenters. The van der Waals surface area contributed by atoms with E-state index in [4.69, 9.17) is 8.83 Å². The van der Waals surface area contributed by atoms with Gasteiger partial charge in [-0.25, -0.2) is 0 Å². The van der Waals surface area contributed by atoms with Gasteiger partial charge in [-0.2, -0.15) is 0 Å². The molecule has 2 heterocycles. The number of hydrogen-bond donors (Lipinski definition) is 0. The Balaban J connectivity index is 1.04. The van der Waals surface area contributed by atoms with Crippen molar-refractivity contribution in [3.05, 3.63) is 267 Å². The maximum atomic E-state index is 7.02. The minimum atomic E-state index is 0.821. The van der Waals surface area contributed by atoms with Gasteiger partial charge in [0.1, 0.15) is 11.2 Å². The van der Waals surface area contributed by atoms with E-state index in [1.165, 1.54) is 16.7 Å². The SMILES string of the molecule is c1ccc(-c2ccc(N(c3ccccc3-c3ccccc3N(c3ccc(-c4ccccc4)c4ccccc34)c3cccc4c3oc3ccccc34)c3cc4ccccc4c4c3oc3ccccc34)cc2)cc1. The zero-order valence-corrected chi connectivity index (χ0v) is 39.1. The Morgan fingerprint density at radius 3 is 1.50 bits per heavy atom. The number of hydrogen-bond acceptors (Lipinski definition) is 4. The first-order valence-corrected chi connectivity index (χ1v) is 24.5. The summed E-state index contributed by atoms with van der Waals surface area (Å²) < 4.78 is 13.9. The van der Waals surface area contributed by atoms with E-state index in [-0.39, 0.29) is 0 Å². The summed E-state index contributed by atoms with van der Waals surface area (Å²) in [4.78, 5) is 4.81. The number of nitrogens with zero attached hydrogens (tertiary/aromatic N) is 2. The van der Waals surface area contributed by atoms with Gasteiger partial charge in [-0.1, -0.05) is 212 Å². The van der Waals surface area contributed by atoms with Crippen LogP contribution in [0.5, 0.6) is 0 Å². The average molecular weight is 921 g/mol. The molecule has 0 aliphatic carbocycles. The Labute approximate surface area is 416 Å². The van der Waals surface area contributed by atoms with E-state index in [2.05, 4.69) is 271 Å². The van der Waals surface area contributed by atoms with Crippen LogP contribution in [-0.4, -0.2) is 0 Å². The fourth-order valence-corrected chi connectivity index (χ4v) is 11.0. The topological polar surface area (TPSA) is 32.8 Å². The van der Waals surface area contributed by atoms with Crippen LogP contribution < -0.4 is 9.80 Å². The van der Waals surface area contributed by atoms with Crippen molar-refractivity contribution >= 4 is 99.5 Å². The van der Waals surface area contributed by atoms with E-state index >= 15 is 0 Å². The van der Waals surface area contributed by atoms with Gasteiger partial charge in [-0.15, -0.1) is 0 Å². The smallest absolute Gasteiger partial charge is 0.160 e. The first-order chi connectivity index (χ1) is 35.7. The largest absolute Gasteiger partial charge is 0.454 e. The molecular formula is C68H44N2O2. The van der Waals surface area contributed by atoms with Crippen molar-refractivity contribution in [1.29, 1.82) is 0 Å². The molecule has 0 unspecified atom stereocenters. The first-order valence-electron chi connectivity index (χ1n) is 24.5. The van der Waals surface area contributed by atoms with Gasteiger partial charge < -0.3 is 18.6 Å². The lowest BCUT2D eigenvalue weighted by Gasteiger charge is -2.32. The molecule has 14 aromatic rings. The molecule has 0 saturated heterocycles. The van der Waals surface area contributed by atoms with Crippen LogP contribution in [0.2, 0.25) is 0 Å². The summed E-state index contributed by atoms with van der Waals surface area (Å²) in [7, 11) is 0. The molecule has 0 amide bonds. The molecule has 72 heavy (non-hydrogen) atoms. The Kier molecular flexibility index (Phi) is 9.82. The molecule has 14 rings (SSSR count). The Hall–Kier alpha value is -9.64. The predicted octanol–water partition coefficient (Wildman–Crippen LogP) is 19.7. The van der Waals surface area contributed by atoms with E-state index in [0.717, 1.165) is 116 Å². The van der Waals surface area contributed by atoms with Gasteiger partial charge >= 0.3 is 0 Å². The molecule has 0 saturated carbocycles. The lowest BCUT2D eigenvalue weighted by atomic mass is 9.95. The third-order valence-electron chi connectivity index (χ3n) is 14.3. The quantitative estimate of drug-likeness (QED) is 0.144. The fourth-order valence-electron chi connectivity index (χ4n) is 11.0. The summed E-state index contributed by atoms with van der Waals surface area (Å²) in [5.41, 5.74) is 16.0. The average Bonchev–Trinajstić information content (AvgIpc) is 4.05. The van der Waals surface area contributed by atoms with Crippen LogP contribution in [0.15, 0.2) is 276 Å². The third kappa shape index (κ3) is 6.76. The standard InChI is InChI=1S/C68H44N2O2/c1-3-20-45(21-4-1)46-38-40-49(41-39-46)69(63-44-48-24-7-8-25-51(48)66-58-31-14-18-37-65(58)72-68(63)66)59-33-15-11-28-54(59)55-29-12-16-34-60(55)70(62-35-19-32-57-56-30-13-17-36-64(56)71-67(57)62)61-43-42-50(47-22-5-2-6-23-47)52-26-9-10-27-53(52)61/h1-44H. The number of para-hydroxylation sites is 5. The normalized spacial score (nSPS) is 11.6. The van der Waals surface area contributed by atoms with E-state index < -0.39 is 0 Å². The van der Waals surface area contributed by atoms with E-state index in [1.807, 2.05) is 6.07 Å². The molecule has 0 N–H and O–H groups in total. The number of furan rings is 2. The lowest BCUT2D eigenvalue weighted by Crippen LogP contribution is -2.14. The molecule has 0 fully saturated rings. The van der Waals surface area contributed by atoms with Crippen molar-refractivity contribution in [2.75, 3.05) is 9.80 Å². The van der Waals surface area contributed by atoms with Crippen molar-refractivity contribution in [3.63, 3.8) is 0 Å². The second kappa shape index (κ2) is 17.1. The van der Waals surface area contributed by atoms with Crippen molar-refractivity contribution in [2.24, 2.45) is 0 Å². The van der Waals surface area contributed by atoms with Crippen molar-refractivity contribution < 1.29 is 8.83 Å². The van der Waals surface area contributed by atoms with E-state index in [9.17, 15) is 0 Å². The minimum absolute atomic E-state index is 0.821. The summed E-state index contributed by atoms with van der Waals surface area (Å²) in [5, 5.41) is 8.90. The van der Waals surface area contributed by atoms with Gasteiger partial charge in [0.25, 0.3) is 0 Å². The molecule has 0 radical (unpaired) electrons. The summed E-state index contributed by atoms with van der Waals surface area (Å²) in [6, 6.07) is 95.3. The molecular weight excluding hydrogens is 877 g/mol. The highest BCUT2D eigenvalue weighted by Crippen LogP contribution is 2.52. The number of rotatable bonds is 9. The Morgan fingerprint density at radius 2 is 0.764 bits per heavy atom. The molecule has 12 aromatic carbocycles. The van der Waals surface area contributed by atoms with Gasteiger partial charge in [0.15, 0.2) is 11.2 Å². The van der Waals surface area contributed by atoms with E-state index in [1.54, 1.807) is 0 Å². The second-order valence-corrected chi connectivity index (χ2v) is 18.3.